The van der Waals surface area contributed by atoms with Gasteiger partial charge < -0.3 is 10.1 Å². The summed E-state index contributed by atoms with van der Waals surface area (Å²) >= 11 is 0. The van der Waals surface area contributed by atoms with E-state index >= 15 is 0 Å². The van der Waals surface area contributed by atoms with Crippen LogP contribution in [0.25, 0.3) is 5.52 Å². The number of hydrogen-bond acceptors (Lipinski definition) is 5. The van der Waals surface area contributed by atoms with Gasteiger partial charge in [-0.15, -0.1) is 0 Å². The highest BCUT2D eigenvalue weighted by Crippen LogP contribution is 2.07. The van der Waals surface area contributed by atoms with Gasteiger partial charge >= 0.3 is 0 Å². The maximum absolute atomic E-state index is 5.34. The van der Waals surface area contributed by atoms with E-state index in [1.165, 1.54) is 5.56 Å². The molecule has 2 aromatic rings. The highest BCUT2D eigenvalue weighted by atomic mass is 16.5. The van der Waals surface area contributed by atoms with Crippen molar-refractivity contribution in [3.8, 4) is 0 Å². The van der Waals surface area contributed by atoms with Crippen LogP contribution in [0.15, 0.2) is 24.8 Å². The first-order chi connectivity index (χ1) is 9.93. The van der Waals surface area contributed by atoms with Gasteiger partial charge in [-0.2, -0.15) is 5.10 Å². The van der Waals surface area contributed by atoms with E-state index in [4.69, 9.17) is 4.74 Å². The predicted molar refractivity (Wildman–Crippen MR) is 76.6 cm³/mol. The number of morpholine rings is 1. The molecule has 0 aliphatic carbocycles. The van der Waals surface area contributed by atoms with Crippen LogP contribution in [0.2, 0.25) is 0 Å². The SMILES string of the molecule is c1cn2ncc(CNCCCN3CCOCC3)c2cn1. The second kappa shape index (κ2) is 6.78. The second-order valence-electron chi connectivity index (χ2n) is 5.06. The van der Waals surface area contributed by atoms with Crippen molar-refractivity contribution in [3.63, 3.8) is 0 Å². The molecule has 0 radical (unpaired) electrons. The van der Waals surface area contributed by atoms with Crippen LogP contribution >= 0.6 is 0 Å². The summed E-state index contributed by atoms with van der Waals surface area (Å²) in [7, 11) is 0. The van der Waals surface area contributed by atoms with Crippen LogP contribution in [0.3, 0.4) is 0 Å². The molecule has 6 nitrogen and oxygen atoms in total. The molecule has 0 atom stereocenters. The first-order valence-corrected chi connectivity index (χ1v) is 7.20. The highest BCUT2D eigenvalue weighted by Gasteiger charge is 2.09. The summed E-state index contributed by atoms with van der Waals surface area (Å²) < 4.78 is 7.20. The lowest BCUT2D eigenvalue weighted by molar-refractivity contribution is 0.0374. The van der Waals surface area contributed by atoms with Crippen LogP contribution in [-0.2, 0) is 11.3 Å². The number of hydrogen-bond donors (Lipinski definition) is 1. The third kappa shape index (κ3) is 3.33. The van der Waals surface area contributed by atoms with Gasteiger partial charge in [0.1, 0.15) is 0 Å². The molecular formula is C14H21N5O. The van der Waals surface area contributed by atoms with E-state index in [1.54, 1.807) is 6.20 Å². The van der Waals surface area contributed by atoms with Gasteiger partial charge in [-0.05, 0) is 19.5 Å². The fourth-order valence-electron chi connectivity index (χ4n) is 2.50. The Morgan fingerprint density at radius 1 is 1.25 bits per heavy atom. The van der Waals surface area contributed by atoms with Crippen LogP contribution in [0.5, 0.6) is 0 Å². The minimum Gasteiger partial charge on any atom is -0.379 e. The normalized spacial score (nSPS) is 16.8. The molecule has 0 amide bonds. The molecule has 1 fully saturated rings. The Morgan fingerprint density at radius 3 is 3.05 bits per heavy atom. The summed E-state index contributed by atoms with van der Waals surface area (Å²) in [6.45, 7) is 6.91. The van der Waals surface area contributed by atoms with E-state index in [-0.39, 0.29) is 0 Å². The summed E-state index contributed by atoms with van der Waals surface area (Å²) in [6, 6.07) is 0. The first kappa shape index (κ1) is 13.5. The molecule has 3 rings (SSSR count). The van der Waals surface area contributed by atoms with E-state index in [0.29, 0.717) is 0 Å². The fourth-order valence-corrected chi connectivity index (χ4v) is 2.50. The summed E-state index contributed by atoms with van der Waals surface area (Å²) in [5.74, 6) is 0. The molecule has 1 aliphatic heterocycles. The smallest absolute Gasteiger partial charge is 0.0889 e. The van der Waals surface area contributed by atoms with Crippen LogP contribution in [-0.4, -0.2) is 58.9 Å². The van der Waals surface area contributed by atoms with Crippen LogP contribution < -0.4 is 5.32 Å². The zero-order valence-electron chi connectivity index (χ0n) is 11.7. The maximum Gasteiger partial charge on any atom is 0.0889 e. The van der Waals surface area contributed by atoms with Crippen molar-refractivity contribution >= 4 is 5.52 Å². The molecule has 1 aliphatic rings. The van der Waals surface area contributed by atoms with Gasteiger partial charge in [-0.3, -0.25) is 9.88 Å². The molecule has 3 heterocycles. The van der Waals surface area contributed by atoms with Gasteiger partial charge in [0, 0.05) is 37.6 Å². The predicted octanol–water partition coefficient (Wildman–Crippen LogP) is 0.541. The Balaban J connectivity index is 1.39. The molecule has 20 heavy (non-hydrogen) atoms. The number of aromatic nitrogens is 3. The Kier molecular flexibility index (Phi) is 4.57. The lowest BCUT2D eigenvalue weighted by atomic mass is 10.3. The van der Waals surface area contributed by atoms with E-state index in [1.807, 2.05) is 23.1 Å². The average molecular weight is 275 g/mol. The van der Waals surface area contributed by atoms with E-state index < -0.39 is 0 Å². The third-order valence-electron chi connectivity index (χ3n) is 3.65. The topological polar surface area (TPSA) is 54.7 Å². The first-order valence-electron chi connectivity index (χ1n) is 7.20. The lowest BCUT2D eigenvalue weighted by Gasteiger charge is -2.26. The fraction of sp³-hybridized carbons (Fsp3) is 0.571. The molecule has 1 saturated heterocycles. The number of fused-ring (bicyclic) bond motifs is 1. The maximum atomic E-state index is 5.34. The Labute approximate surface area is 118 Å². The molecule has 1 N–H and O–H groups in total. The second-order valence-corrected chi connectivity index (χ2v) is 5.06. The van der Waals surface area contributed by atoms with Crippen molar-refractivity contribution in [2.24, 2.45) is 0 Å². The molecule has 0 aromatic carbocycles. The molecule has 0 spiro atoms. The number of ether oxygens (including phenoxy) is 1. The zero-order valence-corrected chi connectivity index (χ0v) is 11.7. The minimum absolute atomic E-state index is 0.846. The third-order valence-corrected chi connectivity index (χ3v) is 3.65. The van der Waals surface area contributed by atoms with Gasteiger partial charge in [0.25, 0.3) is 0 Å². The molecule has 0 unspecified atom stereocenters. The number of nitrogens with one attached hydrogen (secondary N) is 1. The van der Waals surface area contributed by atoms with Crippen molar-refractivity contribution in [2.75, 3.05) is 39.4 Å². The number of nitrogens with zero attached hydrogens (tertiary/aromatic N) is 4. The Bertz CT molecular complexity index is 535. The van der Waals surface area contributed by atoms with E-state index in [0.717, 1.165) is 57.9 Å². The minimum atomic E-state index is 0.846. The highest BCUT2D eigenvalue weighted by molar-refractivity contribution is 5.51. The molecule has 108 valence electrons. The van der Waals surface area contributed by atoms with Gasteiger partial charge in [0.05, 0.1) is 31.1 Å². The molecular weight excluding hydrogens is 254 g/mol. The standard InChI is InChI=1S/C14H21N5O/c1(4-18-6-8-20-9-7-18)2-15-10-13-11-17-19-5-3-16-12-14(13)19/h3,5,11-12,15H,1-2,4,6-10H2. The number of rotatable bonds is 6. The zero-order chi connectivity index (χ0) is 13.6. The van der Waals surface area contributed by atoms with Crippen molar-refractivity contribution in [3.05, 3.63) is 30.4 Å². The Morgan fingerprint density at radius 2 is 2.15 bits per heavy atom. The van der Waals surface area contributed by atoms with Crippen molar-refractivity contribution < 1.29 is 4.74 Å². The van der Waals surface area contributed by atoms with Gasteiger partial charge in [-0.1, -0.05) is 0 Å². The van der Waals surface area contributed by atoms with Crippen molar-refractivity contribution in [2.45, 2.75) is 13.0 Å². The van der Waals surface area contributed by atoms with Crippen molar-refractivity contribution in [1.82, 2.24) is 24.8 Å². The van der Waals surface area contributed by atoms with Gasteiger partial charge in [0.15, 0.2) is 0 Å². The largest absolute Gasteiger partial charge is 0.379 e. The van der Waals surface area contributed by atoms with Crippen LogP contribution in [0, 0.1) is 0 Å². The van der Waals surface area contributed by atoms with Crippen molar-refractivity contribution in [1.29, 1.82) is 0 Å². The van der Waals surface area contributed by atoms with Gasteiger partial charge in [-0.25, -0.2) is 4.52 Å². The van der Waals surface area contributed by atoms with Crippen LogP contribution in [0.1, 0.15) is 12.0 Å². The summed E-state index contributed by atoms with van der Waals surface area (Å²) in [4.78, 5) is 6.61. The van der Waals surface area contributed by atoms with E-state index in [9.17, 15) is 0 Å². The van der Waals surface area contributed by atoms with E-state index in [2.05, 4.69) is 20.3 Å². The summed E-state index contributed by atoms with van der Waals surface area (Å²) in [6.07, 6.45) is 8.55. The molecule has 6 heteroatoms. The summed E-state index contributed by atoms with van der Waals surface area (Å²) in [5.41, 5.74) is 2.28. The monoisotopic (exact) mass is 275 g/mol. The quantitative estimate of drug-likeness (QED) is 0.780. The van der Waals surface area contributed by atoms with Gasteiger partial charge in [0.2, 0.25) is 0 Å². The van der Waals surface area contributed by atoms with Crippen LogP contribution in [0.4, 0.5) is 0 Å². The molecule has 2 aromatic heterocycles. The average Bonchev–Trinajstić information content (AvgIpc) is 2.91. The summed E-state index contributed by atoms with van der Waals surface area (Å²) in [5, 5.41) is 7.79. The lowest BCUT2D eigenvalue weighted by Crippen LogP contribution is -2.37. The molecule has 0 saturated carbocycles. The Hall–Kier alpha value is -1.50. The molecule has 0 bridgehead atoms.